The fourth-order valence-corrected chi connectivity index (χ4v) is 3.83. The lowest BCUT2D eigenvalue weighted by Gasteiger charge is -2.31. The van der Waals surface area contributed by atoms with Crippen LogP contribution in [0.25, 0.3) is 0 Å². The van der Waals surface area contributed by atoms with E-state index in [1.807, 2.05) is 12.1 Å². The third-order valence-electron chi connectivity index (χ3n) is 4.83. The molecule has 0 radical (unpaired) electrons. The number of benzene rings is 1. The number of hydrogen-bond donors (Lipinski definition) is 1. The Labute approximate surface area is 114 Å². The molecule has 1 heterocycles. The average molecular weight is 262 g/mol. The number of hydrogen-bond acceptors (Lipinski definition) is 2. The van der Waals surface area contributed by atoms with E-state index in [1.165, 1.54) is 38.5 Å². The van der Waals surface area contributed by atoms with Crippen molar-refractivity contribution in [1.29, 1.82) is 0 Å². The highest BCUT2D eigenvalue weighted by molar-refractivity contribution is 5.50. The summed E-state index contributed by atoms with van der Waals surface area (Å²) in [5, 5.41) is 0. The quantitative estimate of drug-likeness (QED) is 0.904. The van der Waals surface area contributed by atoms with Crippen molar-refractivity contribution in [3.63, 3.8) is 0 Å². The molecule has 2 fully saturated rings. The Morgan fingerprint density at radius 2 is 1.95 bits per heavy atom. The van der Waals surface area contributed by atoms with Crippen LogP contribution in [-0.4, -0.2) is 12.6 Å². The summed E-state index contributed by atoms with van der Waals surface area (Å²) in [6, 6.07) is 6.19. The van der Waals surface area contributed by atoms with Gasteiger partial charge in [0.25, 0.3) is 0 Å². The first kappa shape index (κ1) is 12.9. The minimum atomic E-state index is -0.155. The van der Waals surface area contributed by atoms with Crippen LogP contribution in [0, 0.1) is 11.7 Å². The van der Waals surface area contributed by atoms with E-state index in [0.29, 0.717) is 11.6 Å². The molecule has 0 amide bonds. The average Bonchev–Trinajstić information content (AvgIpc) is 3.09. The summed E-state index contributed by atoms with van der Waals surface area (Å²) in [7, 11) is 0. The monoisotopic (exact) mass is 262 g/mol. The molecular weight excluding hydrogens is 239 g/mol. The Morgan fingerprint density at radius 3 is 2.63 bits per heavy atom. The Hall–Kier alpha value is -1.09. The molecule has 2 nitrogen and oxygen atoms in total. The zero-order valence-electron chi connectivity index (χ0n) is 11.4. The number of rotatable bonds is 3. The van der Waals surface area contributed by atoms with E-state index in [2.05, 4.69) is 4.90 Å². The van der Waals surface area contributed by atoms with E-state index >= 15 is 0 Å². The molecule has 1 saturated heterocycles. The SMILES string of the molecule is NCc1ccc(N2CCCC2C2CCCC2)cc1F. The topological polar surface area (TPSA) is 29.3 Å². The summed E-state index contributed by atoms with van der Waals surface area (Å²) in [4.78, 5) is 2.43. The van der Waals surface area contributed by atoms with Crippen LogP contribution in [0.4, 0.5) is 10.1 Å². The first-order chi connectivity index (χ1) is 9.29. The predicted molar refractivity (Wildman–Crippen MR) is 76.6 cm³/mol. The van der Waals surface area contributed by atoms with Gasteiger partial charge >= 0.3 is 0 Å². The van der Waals surface area contributed by atoms with Crippen LogP contribution in [0.15, 0.2) is 18.2 Å². The van der Waals surface area contributed by atoms with E-state index in [4.69, 9.17) is 5.73 Å². The summed E-state index contributed by atoms with van der Waals surface area (Å²) in [5.74, 6) is 0.664. The van der Waals surface area contributed by atoms with Crippen molar-refractivity contribution in [1.82, 2.24) is 0 Å². The van der Waals surface area contributed by atoms with Gasteiger partial charge in [-0.25, -0.2) is 4.39 Å². The van der Waals surface area contributed by atoms with Crippen LogP contribution in [-0.2, 0) is 6.54 Å². The lowest BCUT2D eigenvalue weighted by Crippen LogP contribution is -2.34. The fourth-order valence-electron chi connectivity index (χ4n) is 3.83. The van der Waals surface area contributed by atoms with Crippen molar-refractivity contribution in [2.75, 3.05) is 11.4 Å². The van der Waals surface area contributed by atoms with Gasteiger partial charge in [0.15, 0.2) is 0 Å². The van der Waals surface area contributed by atoms with Gasteiger partial charge in [-0.15, -0.1) is 0 Å². The Morgan fingerprint density at radius 1 is 1.16 bits per heavy atom. The summed E-state index contributed by atoms with van der Waals surface area (Å²) < 4.78 is 13.9. The molecule has 1 aromatic carbocycles. The highest BCUT2D eigenvalue weighted by Gasteiger charge is 2.33. The minimum absolute atomic E-state index is 0.155. The number of anilines is 1. The van der Waals surface area contributed by atoms with Gasteiger partial charge in [-0.05, 0) is 43.7 Å². The lowest BCUT2D eigenvalue weighted by atomic mass is 9.95. The van der Waals surface area contributed by atoms with Crippen LogP contribution in [0.3, 0.4) is 0 Å². The number of nitrogens with two attached hydrogens (primary N) is 1. The predicted octanol–water partition coefficient (Wildman–Crippen LogP) is 3.44. The molecule has 0 spiro atoms. The standard InChI is InChI=1S/C16H23FN2/c17-15-10-14(8-7-13(15)11-18)19-9-3-6-16(19)12-4-1-2-5-12/h7-8,10,12,16H,1-6,9,11,18H2. The summed E-state index contributed by atoms with van der Waals surface area (Å²) in [5.41, 5.74) is 7.18. The molecule has 2 N–H and O–H groups in total. The number of halogens is 1. The zero-order valence-corrected chi connectivity index (χ0v) is 11.4. The molecule has 19 heavy (non-hydrogen) atoms. The van der Waals surface area contributed by atoms with Crippen LogP contribution in [0.1, 0.15) is 44.1 Å². The summed E-state index contributed by atoms with van der Waals surface area (Å²) in [6.07, 6.45) is 7.95. The maximum Gasteiger partial charge on any atom is 0.129 e. The molecule has 1 atom stereocenters. The summed E-state index contributed by atoms with van der Waals surface area (Å²) in [6.45, 7) is 1.35. The molecular formula is C16H23FN2. The van der Waals surface area contributed by atoms with Crippen molar-refractivity contribution in [3.05, 3.63) is 29.6 Å². The van der Waals surface area contributed by atoms with E-state index in [9.17, 15) is 4.39 Å². The first-order valence-corrected chi connectivity index (χ1v) is 7.54. The Kier molecular flexibility index (Phi) is 3.74. The van der Waals surface area contributed by atoms with Gasteiger partial charge in [-0.3, -0.25) is 0 Å². The van der Waals surface area contributed by atoms with E-state index in [1.54, 1.807) is 6.07 Å². The first-order valence-electron chi connectivity index (χ1n) is 7.54. The minimum Gasteiger partial charge on any atom is -0.368 e. The zero-order chi connectivity index (χ0) is 13.2. The Balaban J connectivity index is 1.81. The molecule has 1 aliphatic heterocycles. The van der Waals surface area contributed by atoms with Crippen molar-refractivity contribution >= 4 is 5.69 Å². The third-order valence-corrected chi connectivity index (χ3v) is 4.83. The smallest absolute Gasteiger partial charge is 0.129 e. The largest absolute Gasteiger partial charge is 0.368 e. The second kappa shape index (κ2) is 5.49. The molecule has 3 heteroatoms. The van der Waals surface area contributed by atoms with Crippen LogP contribution >= 0.6 is 0 Å². The maximum absolute atomic E-state index is 13.9. The highest BCUT2D eigenvalue weighted by Crippen LogP contribution is 2.38. The molecule has 1 saturated carbocycles. The molecule has 3 rings (SSSR count). The highest BCUT2D eigenvalue weighted by atomic mass is 19.1. The van der Waals surface area contributed by atoms with Gasteiger partial charge in [0.2, 0.25) is 0 Å². The van der Waals surface area contributed by atoms with Crippen molar-refractivity contribution < 1.29 is 4.39 Å². The second-order valence-corrected chi connectivity index (χ2v) is 5.93. The van der Waals surface area contributed by atoms with E-state index in [0.717, 1.165) is 18.2 Å². The molecule has 104 valence electrons. The summed E-state index contributed by atoms with van der Waals surface area (Å²) >= 11 is 0. The number of nitrogens with zero attached hydrogens (tertiary/aromatic N) is 1. The van der Waals surface area contributed by atoms with Gasteiger partial charge in [-0.2, -0.15) is 0 Å². The van der Waals surface area contributed by atoms with E-state index in [-0.39, 0.29) is 12.4 Å². The van der Waals surface area contributed by atoms with Crippen LogP contribution in [0.2, 0.25) is 0 Å². The fraction of sp³-hybridized carbons (Fsp3) is 0.625. The molecule has 0 bridgehead atoms. The Bertz CT molecular complexity index is 440. The van der Waals surface area contributed by atoms with Crippen LogP contribution in [0.5, 0.6) is 0 Å². The molecule has 1 aromatic rings. The van der Waals surface area contributed by atoms with Crippen molar-refractivity contribution in [2.45, 2.75) is 51.1 Å². The van der Waals surface area contributed by atoms with Crippen molar-refractivity contribution in [3.8, 4) is 0 Å². The van der Waals surface area contributed by atoms with Gasteiger partial charge in [0, 0.05) is 30.4 Å². The van der Waals surface area contributed by atoms with Gasteiger partial charge < -0.3 is 10.6 Å². The lowest BCUT2D eigenvalue weighted by molar-refractivity contribution is 0.430. The molecule has 1 unspecified atom stereocenters. The molecule has 0 aromatic heterocycles. The molecule has 2 aliphatic rings. The van der Waals surface area contributed by atoms with Gasteiger partial charge in [0.1, 0.15) is 5.82 Å². The molecule has 1 aliphatic carbocycles. The van der Waals surface area contributed by atoms with Crippen molar-refractivity contribution in [2.24, 2.45) is 11.7 Å². The van der Waals surface area contributed by atoms with Crippen LogP contribution < -0.4 is 10.6 Å². The normalized spacial score (nSPS) is 24.3. The second-order valence-electron chi connectivity index (χ2n) is 5.93. The third kappa shape index (κ3) is 2.48. The van der Waals surface area contributed by atoms with Gasteiger partial charge in [0.05, 0.1) is 0 Å². The van der Waals surface area contributed by atoms with Gasteiger partial charge in [-0.1, -0.05) is 18.9 Å². The van der Waals surface area contributed by atoms with E-state index < -0.39 is 0 Å². The maximum atomic E-state index is 13.9.